The van der Waals surface area contributed by atoms with Gasteiger partial charge in [0.25, 0.3) is 5.91 Å². The number of ether oxygens (including phenoxy) is 1. The van der Waals surface area contributed by atoms with Crippen molar-refractivity contribution in [1.82, 2.24) is 10.2 Å². The number of carbonyl (C=O) groups excluding carboxylic acids is 1. The molecule has 0 radical (unpaired) electrons. The van der Waals surface area contributed by atoms with Gasteiger partial charge in [0.15, 0.2) is 0 Å². The molecule has 1 fully saturated rings. The summed E-state index contributed by atoms with van der Waals surface area (Å²) in [5, 5.41) is 12.2. The number of amides is 1. The van der Waals surface area contributed by atoms with Crippen LogP contribution in [0.2, 0.25) is 0 Å². The van der Waals surface area contributed by atoms with E-state index in [1.54, 1.807) is 4.90 Å². The molecule has 0 saturated carbocycles. The lowest BCUT2D eigenvalue weighted by Crippen LogP contribution is -2.41. The van der Waals surface area contributed by atoms with Gasteiger partial charge in [0, 0.05) is 30.3 Å². The number of nitrogens with one attached hydrogen (secondary N) is 1. The highest BCUT2D eigenvalue weighted by Gasteiger charge is 2.20. The summed E-state index contributed by atoms with van der Waals surface area (Å²) in [5.41, 5.74) is 1.32. The van der Waals surface area contributed by atoms with Gasteiger partial charge in [0.05, 0.1) is 13.2 Å². The lowest BCUT2D eigenvalue weighted by molar-refractivity contribution is -0.130. The van der Waals surface area contributed by atoms with Crippen molar-refractivity contribution in [3.8, 4) is 6.07 Å². The number of halogens is 1. The third-order valence-electron chi connectivity index (χ3n) is 3.34. The number of carbonyl (C=O) groups is 1. The third kappa shape index (κ3) is 4.86. The van der Waals surface area contributed by atoms with Crippen LogP contribution >= 0.6 is 15.9 Å². The fourth-order valence-corrected chi connectivity index (χ4v) is 2.61. The monoisotopic (exact) mass is 363 g/mol. The second kappa shape index (κ2) is 8.57. The van der Waals surface area contributed by atoms with Gasteiger partial charge in [-0.15, -0.1) is 0 Å². The van der Waals surface area contributed by atoms with Crippen molar-refractivity contribution >= 4 is 21.8 Å². The van der Waals surface area contributed by atoms with Crippen LogP contribution in [0.4, 0.5) is 0 Å². The molecule has 2 rings (SSSR count). The normalized spacial score (nSPS) is 15.3. The third-order valence-corrected chi connectivity index (χ3v) is 3.84. The van der Waals surface area contributed by atoms with Gasteiger partial charge in [0.2, 0.25) is 0 Å². The molecule has 1 aromatic carbocycles. The Hall–Kier alpha value is -1.84. The summed E-state index contributed by atoms with van der Waals surface area (Å²) in [6.45, 7) is 2.80. The Kier molecular flexibility index (Phi) is 6.44. The molecule has 1 saturated heterocycles. The van der Waals surface area contributed by atoms with E-state index in [0.29, 0.717) is 32.8 Å². The summed E-state index contributed by atoms with van der Waals surface area (Å²) in [7, 11) is 0. The van der Waals surface area contributed by atoms with Gasteiger partial charge in [-0.1, -0.05) is 28.1 Å². The SMILES string of the molecule is N#C/C(=C/NCCc1cccc(Br)c1)C(=O)N1CCOCC1. The van der Waals surface area contributed by atoms with Crippen molar-refractivity contribution in [2.24, 2.45) is 0 Å². The van der Waals surface area contributed by atoms with Crippen LogP contribution in [0.25, 0.3) is 0 Å². The minimum absolute atomic E-state index is 0.135. The lowest BCUT2D eigenvalue weighted by atomic mass is 10.1. The van der Waals surface area contributed by atoms with Crippen molar-refractivity contribution in [3.63, 3.8) is 0 Å². The van der Waals surface area contributed by atoms with Gasteiger partial charge in [-0.25, -0.2) is 0 Å². The quantitative estimate of drug-likeness (QED) is 0.492. The maximum absolute atomic E-state index is 12.2. The van der Waals surface area contributed by atoms with Crippen molar-refractivity contribution in [2.45, 2.75) is 6.42 Å². The van der Waals surface area contributed by atoms with E-state index in [9.17, 15) is 4.79 Å². The molecule has 0 aliphatic carbocycles. The van der Waals surface area contributed by atoms with E-state index in [-0.39, 0.29) is 11.5 Å². The minimum atomic E-state index is -0.235. The molecule has 0 atom stereocenters. The van der Waals surface area contributed by atoms with E-state index in [2.05, 4.69) is 27.3 Å². The zero-order chi connectivity index (χ0) is 15.8. The first kappa shape index (κ1) is 16.5. The highest BCUT2D eigenvalue weighted by molar-refractivity contribution is 9.10. The highest BCUT2D eigenvalue weighted by Crippen LogP contribution is 2.11. The fraction of sp³-hybridized carbons (Fsp3) is 0.375. The van der Waals surface area contributed by atoms with Crippen molar-refractivity contribution in [1.29, 1.82) is 5.26 Å². The van der Waals surface area contributed by atoms with Crippen LogP contribution in [-0.2, 0) is 16.0 Å². The molecule has 1 aliphatic rings. The number of rotatable bonds is 5. The maximum atomic E-state index is 12.2. The first-order valence-corrected chi connectivity index (χ1v) is 7.95. The average Bonchev–Trinajstić information content (AvgIpc) is 2.55. The molecule has 1 heterocycles. The van der Waals surface area contributed by atoms with Gasteiger partial charge in [-0.3, -0.25) is 4.79 Å². The standard InChI is InChI=1S/C16H18BrN3O2/c17-15-3-1-2-13(10-15)4-5-19-12-14(11-18)16(21)20-6-8-22-9-7-20/h1-3,10,12,19H,4-9H2/b14-12-. The van der Waals surface area contributed by atoms with E-state index < -0.39 is 0 Å². The van der Waals surface area contributed by atoms with Crippen molar-refractivity contribution < 1.29 is 9.53 Å². The number of morpholine rings is 1. The van der Waals surface area contributed by atoms with Crippen LogP contribution in [0, 0.1) is 11.3 Å². The topological polar surface area (TPSA) is 65.4 Å². The van der Waals surface area contributed by atoms with Crippen LogP contribution in [0.15, 0.2) is 40.5 Å². The molecule has 6 heteroatoms. The Morgan fingerprint density at radius 3 is 2.91 bits per heavy atom. The maximum Gasteiger partial charge on any atom is 0.266 e. The van der Waals surface area contributed by atoms with E-state index in [0.717, 1.165) is 10.9 Å². The molecule has 116 valence electrons. The Labute approximate surface area is 138 Å². The summed E-state index contributed by atoms with van der Waals surface area (Å²) >= 11 is 3.43. The Morgan fingerprint density at radius 1 is 1.45 bits per heavy atom. The van der Waals surface area contributed by atoms with Gasteiger partial charge in [0.1, 0.15) is 11.6 Å². The lowest BCUT2D eigenvalue weighted by Gasteiger charge is -2.26. The predicted molar refractivity (Wildman–Crippen MR) is 86.9 cm³/mol. The largest absolute Gasteiger partial charge is 0.389 e. The van der Waals surface area contributed by atoms with E-state index in [4.69, 9.17) is 10.00 Å². The molecule has 1 N–H and O–H groups in total. The Morgan fingerprint density at radius 2 is 2.23 bits per heavy atom. The van der Waals surface area contributed by atoms with Crippen molar-refractivity contribution in [2.75, 3.05) is 32.8 Å². The number of hydrogen-bond donors (Lipinski definition) is 1. The first-order valence-electron chi connectivity index (χ1n) is 7.16. The predicted octanol–water partition coefficient (Wildman–Crippen LogP) is 1.85. The fourth-order valence-electron chi connectivity index (χ4n) is 2.16. The molecule has 0 spiro atoms. The van der Waals surface area contributed by atoms with Crippen LogP contribution in [0.5, 0.6) is 0 Å². The highest BCUT2D eigenvalue weighted by atomic mass is 79.9. The molecule has 1 aliphatic heterocycles. The van der Waals surface area contributed by atoms with Crippen molar-refractivity contribution in [3.05, 3.63) is 46.1 Å². The summed E-state index contributed by atoms with van der Waals surface area (Å²) in [4.78, 5) is 13.8. The number of nitriles is 1. The van der Waals surface area contributed by atoms with E-state index >= 15 is 0 Å². The number of nitrogens with zero attached hydrogens (tertiary/aromatic N) is 2. The summed E-state index contributed by atoms with van der Waals surface area (Å²) in [5.74, 6) is -0.235. The van der Waals surface area contributed by atoms with Gasteiger partial charge in [-0.05, 0) is 24.1 Å². The second-order valence-corrected chi connectivity index (χ2v) is 5.82. The minimum Gasteiger partial charge on any atom is -0.389 e. The van der Waals surface area contributed by atoms with E-state index in [1.165, 1.54) is 11.8 Å². The van der Waals surface area contributed by atoms with Crippen LogP contribution in [0.1, 0.15) is 5.56 Å². The molecule has 1 aromatic rings. The molecule has 0 aromatic heterocycles. The second-order valence-electron chi connectivity index (χ2n) is 4.91. The summed E-state index contributed by atoms with van der Waals surface area (Å²) in [6.07, 6.45) is 2.33. The first-order chi connectivity index (χ1) is 10.7. The molecule has 1 amide bonds. The molecular weight excluding hydrogens is 346 g/mol. The van der Waals surface area contributed by atoms with Gasteiger partial charge >= 0.3 is 0 Å². The molecule has 0 unspecified atom stereocenters. The van der Waals surface area contributed by atoms with Gasteiger partial charge < -0.3 is 15.0 Å². The van der Waals surface area contributed by atoms with E-state index in [1.807, 2.05) is 24.3 Å². The average molecular weight is 364 g/mol. The molecular formula is C16H18BrN3O2. The van der Waals surface area contributed by atoms with Crippen LogP contribution in [0.3, 0.4) is 0 Å². The molecule has 22 heavy (non-hydrogen) atoms. The van der Waals surface area contributed by atoms with Gasteiger partial charge in [-0.2, -0.15) is 5.26 Å². The zero-order valence-electron chi connectivity index (χ0n) is 12.2. The van der Waals surface area contributed by atoms with Crippen LogP contribution in [-0.4, -0.2) is 43.7 Å². The number of hydrogen-bond acceptors (Lipinski definition) is 4. The number of benzene rings is 1. The smallest absolute Gasteiger partial charge is 0.266 e. The Balaban J connectivity index is 1.84. The Bertz CT molecular complexity index is 589. The summed E-state index contributed by atoms with van der Waals surface area (Å²) < 4.78 is 6.25. The molecule has 0 bridgehead atoms. The van der Waals surface area contributed by atoms with Crippen LogP contribution < -0.4 is 5.32 Å². The molecule has 5 nitrogen and oxygen atoms in total. The summed E-state index contributed by atoms with van der Waals surface area (Å²) in [6, 6.07) is 10.0. The zero-order valence-corrected chi connectivity index (χ0v) is 13.8.